The van der Waals surface area contributed by atoms with Crippen LogP contribution in [0.1, 0.15) is 5.56 Å². The van der Waals surface area contributed by atoms with Crippen molar-refractivity contribution in [1.82, 2.24) is 0 Å². The van der Waals surface area contributed by atoms with E-state index in [9.17, 15) is 26.2 Å². The first-order valence-corrected chi connectivity index (χ1v) is 8.62. The quantitative estimate of drug-likeness (QED) is 0.581. The molecule has 1 aromatic carbocycles. The molecule has 120 valence electrons. The van der Waals surface area contributed by atoms with E-state index in [-0.39, 0.29) is 0 Å². The van der Waals surface area contributed by atoms with Crippen LogP contribution >= 0.6 is 7.60 Å². The van der Waals surface area contributed by atoms with Gasteiger partial charge in [-0.05, 0) is 12.1 Å². The highest BCUT2D eigenvalue weighted by atomic mass is 32.2. The van der Waals surface area contributed by atoms with Crippen molar-refractivity contribution in [3.63, 3.8) is 0 Å². The van der Waals surface area contributed by atoms with Crippen LogP contribution in [0, 0.1) is 0 Å². The van der Waals surface area contributed by atoms with Crippen LogP contribution in [0.25, 0.3) is 0 Å². The third-order valence-electron chi connectivity index (χ3n) is 2.28. The topological polar surface area (TPSA) is 78.9 Å². The van der Waals surface area contributed by atoms with E-state index in [1.807, 2.05) is 0 Å². The van der Waals surface area contributed by atoms with E-state index < -0.39 is 40.7 Å². The van der Waals surface area contributed by atoms with Gasteiger partial charge in [0.1, 0.15) is 0 Å². The van der Waals surface area contributed by atoms with Gasteiger partial charge in [-0.1, -0.05) is 12.1 Å². The van der Waals surface area contributed by atoms with Crippen molar-refractivity contribution in [2.75, 3.05) is 19.7 Å². The van der Waals surface area contributed by atoms with Crippen molar-refractivity contribution in [2.24, 2.45) is 0 Å². The summed E-state index contributed by atoms with van der Waals surface area (Å²) in [5.74, 6) is -0.913. The molecule has 0 aliphatic carbocycles. The van der Waals surface area contributed by atoms with Crippen LogP contribution < -0.4 is 4.18 Å². The van der Waals surface area contributed by atoms with Crippen molar-refractivity contribution in [2.45, 2.75) is 6.18 Å². The third-order valence-corrected chi connectivity index (χ3v) is 6.36. The lowest BCUT2D eigenvalue weighted by molar-refractivity contribution is -0.138. The second-order valence-corrected chi connectivity index (χ2v) is 8.01. The zero-order valence-corrected chi connectivity index (χ0v) is 12.7. The average Bonchev–Trinajstić information content (AvgIpc) is 2.37. The van der Waals surface area contributed by atoms with Gasteiger partial charge in [-0.15, -0.1) is 0 Å². The molecule has 0 spiro atoms. The first-order valence-electron chi connectivity index (χ1n) is 5.32. The van der Waals surface area contributed by atoms with Crippen LogP contribution in [0.4, 0.5) is 13.2 Å². The molecule has 0 saturated carbocycles. The van der Waals surface area contributed by atoms with E-state index in [0.29, 0.717) is 6.07 Å². The molecule has 0 unspecified atom stereocenters. The first kappa shape index (κ1) is 18.0. The number of halogens is 3. The van der Waals surface area contributed by atoms with Gasteiger partial charge in [0.2, 0.25) is 0 Å². The van der Waals surface area contributed by atoms with Gasteiger partial charge < -0.3 is 13.2 Å². The number of hydrogen-bond acceptors (Lipinski definition) is 6. The molecule has 0 bridgehead atoms. The maximum atomic E-state index is 12.7. The van der Waals surface area contributed by atoms with E-state index in [4.69, 9.17) is 0 Å². The normalized spacial score (nSPS) is 13.2. The number of para-hydroxylation sites is 1. The zero-order chi connectivity index (χ0) is 16.3. The molecule has 0 fully saturated rings. The van der Waals surface area contributed by atoms with Gasteiger partial charge in [0, 0.05) is 14.2 Å². The van der Waals surface area contributed by atoms with Crippen molar-refractivity contribution in [1.29, 1.82) is 0 Å². The minimum atomic E-state index is -4.79. The molecule has 0 radical (unpaired) electrons. The summed E-state index contributed by atoms with van der Waals surface area (Å²) >= 11 is 0. The number of hydrogen-bond donors (Lipinski definition) is 0. The van der Waals surface area contributed by atoms with Gasteiger partial charge in [-0.2, -0.15) is 21.6 Å². The SMILES string of the molecule is COP(=O)(CS(=O)(=O)Oc1ccccc1C(F)(F)F)OC. The second kappa shape index (κ2) is 6.35. The minimum absolute atomic E-state index is 0.664. The summed E-state index contributed by atoms with van der Waals surface area (Å²) in [4.78, 5) is 0. The van der Waals surface area contributed by atoms with Gasteiger partial charge in [0.25, 0.3) is 0 Å². The van der Waals surface area contributed by atoms with Crippen LogP contribution in [-0.2, 0) is 29.9 Å². The van der Waals surface area contributed by atoms with Crippen LogP contribution in [0.2, 0.25) is 0 Å². The molecule has 0 atom stereocenters. The third kappa shape index (κ3) is 4.99. The maximum absolute atomic E-state index is 12.7. The van der Waals surface area contributed by atoms with E-state index in [0.717, 1.165) is 26.4 Å². The Morgan fingerprint density at radius 3 is 2.14 bits per heavy atom. The molecule has 0 aliphatic rings. The Kier molecular flexibility index (Phi) is 5.43. The molecule has 1 aromatic rings. The molecule has 0 heterocycles. The van der Waals surface area contributed by atoms with Gasteiger partial charge >= 0.3 is 23.9 Å². The summed E-state index contributed by atoms with van der Waals surface area (Å²) in [6, 6.07) is 3.76. The number of benzene rings is 1. The second-order valence-electron chi connectivity index (χ2n) is 3.74. The lowest BCUT2D eigenvalue weighted by Gasteiger charge is -2.16. The Morgan fingerprint density at radius 1 is 1.14 bits per heavy atom. The highest BCUT2D eigenvalue weighted by Crippen LogP contribution is 2.48. The van der Waals surface area contributed by atoms with E-state index >= 15 is 0 Å². The van der Waals surface area contributed by atoms with E-state index in [2.05, 4.69) is 13.2 Å². The molecule has 0 saturated heterocycles. The van der Waals surface area contributed by atoms with Crippen molar-refractivity contribution < 1.29 is 39.4 Å². The van der Waals surface area contributed by atoms with Gasteiger partial charge in [0.05, 0.1) is 5.56 Å². The lowest BCUT2D eigenvalue weighted by Crippen LogP contribution is -2.18. The van der Waals surface area contributed by atoms with E-state index in [1.54, 1.807) is 0 Å². The molecule has 0 amide bonds. The van der Waals surface area contributed by atoms with Gasteiger partial charge in [0.15, 0.2) is 11.2 Å². The average molecular weight is 348 g/mol. The Bertz CT molecular complexity index is 634. The summed E-state index contributed by atoms with van der Waals surface area (Å²) in [6.07, 6.45) is -4.79. The van der Waals surface area contributed by atoms with Gasteiger partial charge in [-0.25, -0.2) is 0 Å². The standard InChI is InChI=1S/C10H12F3O6PS/c1-17-20(14,18-2)7-21(15,16)19-9-6-4-3-5-8(9)10(11,12)13/h3-6H,7H2,1-2H3. The Labute approximate surface area is 119 Å². The summed E-state index contributed by atoms with van der Waals surface area (Å²) in [5, 5.41) is 0. The summed E-state index contributed by atoms with van der Waals surface area (Å²) in [7, 11) is -6.71. The smallest absolute Gasteiger partial charge is 0.381 e. The maximum Gasteiger partial charge on any atom is 0.420 e. The molecule has 6 nitrogen and oxygen atoms in total. The Morgan fingerprint density at radius 2 is 1.67 bits per heavy atom. The van der Waals surface area contributed by atoms with E-state index in [1.165, 1.54) is 6.07 Å². The first-order chi connectivity index (χ1) is 9.53. The summed E-state index contributed by atoms with van der Waals surface area (Å²) < 4.78 is 86.4. The summed E-state index contributed by atoms with van der Waals surface area (Å²) in [5.41, 5.74) is -2.47. The summed E-state index contributed by atoms with van der Waals surface area (Å²) in [6.45, 7) is 0. The molecule has 1 rings (SSSR count). The van der Waals surface area contributed by atoms with Crippen molar-refractivity contribution in [3.05, 3.63) is 29.8 Å². The largest absolute Gasteiger partial charge is 0.420 e. The fourth-order valence-electron chi connectivity index (χ4n) is 1.31. The molecule has 0 aromatic heterocycles. The Balaban J connectivity index is 3.09. The predicted molar refractivity (Wildman–Crippen MR) is 67.5 cm³/mol. The highest BCUT2D eigenvalue weighted by molar-refractivity contribution is 7.94. The van der Waals surface area contributed by atoms with Crippen LogP contribution in [0.3, 0.4) is 0 Å². The van der Waals surface area contributed by atoms with Crippen molar-refractivity contribution >= 4 is 17.7 Å². The molecule has 21 heavy (non-hydrogen) atoms. The monoisotopic (exact) mass is 348 g/mol. The highest BCUT2D eigenvalue weighted by Gasteiger charge is 2.37. The Hall–Kier alpha value is -1.09. The van der Waals surface area contributed by atoms with Crippen LogP contribution in [0.15, 0.2) is 24.3 Å². The number of rotatable bonds is 6. The molecule has 0 N–H and O–H groups in total. The van der Waals surface area contributed by atoms with Gasteiger partial charge in [-0.3, -0.25) is 4.57 Å². The number of alkyl halides is 3. The van der Waals surface area contributed by atoms with Crippen molar-refractivity contribution in [3.8, 4) is 5.75 Å². The predicted octanol–water partition coefficient (Wildman–Crippen LogP) is 2.86. The molecular formula is C10H12F3O6PS. The molecular weight excluding hydrogens is 336 g/mol. The molecule has 0 aliphatic heterocycles. The zero-order valence-electron chi connectivity index (χ0n) is 11.0. The lowest BCUT2D eigenvalue weighted by atomic mass is 10.2. The minimum Gasteiger partial charge on any atom is -0.381 e. The van der Waals surface area contributed by atoms with Crippen LogP contribution in [-0.4, -0.2) is 28.1 Å². The fraction of sp³-hybridized carbons (Fsp3) is 0.400. The molecule has 11 heteroatoms. The fourth-order valence-corrected chi connectivity index (χ4v) is 4.48. The van der Waals surface area contributed by atoms with Crippen LogP contribution in [0.5, 0.6) is 5.75 Å².